The summed E-state index contributed by atoms with van der Waals surface area (Å²) in [5.74, 6) is 0.127. The van der Waals surface area contributed by atoms with Crippen molar-refractivity contribution in [2.45, 2.75) is 39.5 Å². The van der Waals surface area contributed by atoms with Crippen LogP contribution < -0.4 is 5.32 Å². The standard InChI is InChI=1S/C20H31N3O2/c1-14(2)17-9-6-8-15(3)19(17)21-20(25)16-12-18(24)23(13-16)11-7-10-22(4)5/h6,8-9,14,16H,7,10-13H2,1-5H3,(H,21,25). The molecule has 0 saturated carbocycles. The van der Waals surface area contributed by atoms with Crippen molar-refractivity contribution >= 4 is 17.5 Å². The average molecular weight is 345 g/mol. The van der Waals surface area contributed by atoms with Crippen LogP contribution in [0.25, 0.3) is 0 Å². The molecular weight excluding hydrogens is 314 g/mol. The van der Waals surface area contributed by atoms with E-state index in [9.17, 15) is 9.59 Å². The fourth-order valence-electron chi connectivity index (χ4n) is 3.31. The van der Waals surface area contributed by atoms with Crippen molar-refractivity contribution in [3.05, 3.63) is 29.3 Å². The van der Waals surface area contributed by atoms with E-state index in [1.54, 1.807) is 0 Å². The topological polar surface area (TPSA) is 52.7 Å². The average Bonchev–Trinajstić information content (AvgIpc) is 2.90. The van der Waals surface area contributed by atoms with Gasteiger partial charge in [-0.25, -0.2) is 0 Å². The first-order valence-electron chi connectivity index (χ1n) is 9.12. The van der Waals surface area contributed by atoms with Crippen molar-refractivity contribution in [1.29, 1.82) is 0 Å². The quantitative estimate of drug-likeness (QED) is 0.827. The Labute approximate surface area is 151 Å². The van der Waals surface area contributed by atoms with E-state index in [0.29, 0.717) is 18.9 Å². The molecule has 1 atom stereocenters. The lowest BCUT2D eigenvalue weighted by Gasteiger charge is -2.19. The molecule has 0 radical (unpaired) electrons. The molecule has 1 fully saturated rings. The first-order chi connectivity index (χ1) is 11.8. The highest BCUT2D eigenvalue weighted by Crippen LogP contribution is 2.29. The number of hydrogen-bond donors (Lipinski definition) is 1. The van der Waals surface area contributed by atoms with Crippen LogP contribution in [0.2, 0.25) is 0 Å². The molecule has 138 valence electrons. The number of benzene rings is 1. The van der Waals surface area contributed by atoms with Gasteiger partial charge < -0.3 is 15.1 Å². The molecular formula is C20H31N3O2. The maximum Gasteiger partial charge on any atom is 0.229 e. The van der Waals surface area contributed by atoms with E-state index < -0.39 is 0 Å². The van der Waals surface area contributed by atoms with Crippen molar-refractivity contribution < 1.29 is 9.59 Å². The second kappa shape index (κ2) is 8.48. The Bertz CT molecular complexity index is 625. The van der Waals surface area contributed by atoms with Crippen LogP contribution in [0.3, 0.4) is 0 Å². The molecule has 1 aliphatic heterocycles. The third-order valence-corrected chi connectivity index (χ3v) is 4.79. The minimum Gasteiger partial charge on any atom is -0.342 e. The number of hydrogen-bond acceptors (Lipinski definition) is 3. The van der Waals surface area contributed by atoms with Crippen LogP contribution >= 0.6 is 0 Å². The maximum atomic E-state index is 12.7. The van der Waals surface area contributed by atoms with Gasteiger partial charge in [0.05, 0.1) is 5.92 Å². The third-order valence-electron chi connectivity index (χ3n) is 4.79. The molecule has 5 nitrogen and oxygen atoms in total. The van der Waals surface area contributed by atoms with Gasteiger partial charge in [-0.1, -0.05) is 32.0 Å². The molecule has 0 bridgehead atoms. The van der Waals surface area contributed by atoms with Crippen LogP contribution in [0.1, 0.15) is 43.7 Å². The molecule has 1 saturated heterocycles. The van der Waals surface area contributed by atoms with Crippen molar-refractivity contribution in [1.82, 2.24) is 9.80 Å². The number of aryl methyl sites for hydroxylation is 1. The van der Waals surface area contributed by atoms with E-state index in [-0.39, 0.29) is 17.7 Å². The molecule has 25 heavy (non-hydrogen) atoms. The zero-order valence-electron chi connectivity index (χ0n) is 16.1. The summed E-state index contributed by atoms with van der Waals surface area (Å²) in [5.41, 5.74) is 3.10. The van der Waals surface area contributed by atoms with Crippen LogP contribution in [-0.2, 0) is 9.59 Å². The first-order valence-corrected chi connectivity index (χ1v) is 9.12. The second-order valence-corrected chi connectivity index (χ2v) is 7.58. The summed E-state index contributed by atoms with van der Waals surface area (Å²) in [6.07, 6.45) is 1.25. The molecule has 1 aliphatic rings. The lowest BCUT2D eigenvalue weighted by molar-refractivity contribution is -0.128. The summed E-state index contributed by atoms with van der Waals surface area (Å²) in [6, 6.07) is 6.08. The van der Waals surface area contributed by atoms with Crippen molar-refractivity contribution in [3.63, 3.8) is 0 Å². The van der Waals surface area contributed by atoms with Crippen LogP contribution in [-0.4, -0.2) is 55.3 Å². The van der Waals surface area contributed by atoms with Crippen molar-refractivity contribution in [2.24, 2.45) is 5.92 Å². The number of carbonyl (C=O) groups is 2. The summed E-state index contributed by atoms with van der Waals surface area (Å²) in [6.45, 7) is 8.45. The molecule has 2 amide bonds. The molecule has 1 N–H and O–H groups in total. The Balaban J connectivity index is 2.00. The molecule has 1 aromatic rings. The molecule has 1 unspecified atom stereocenters. The molecule has 5 heteroatoms. The van der Waals surface area contributed by atoms with Gasteiger partial charge in [0.25, 0.3) is 0 Å². The Hall–Kier alpha value is -1.88. The number of anilines is 1. The smallest absolute Gasteiger partial charge is 0.229 e. The summed E-state index contributed by atoms with van der Waals surface area (Å²) < 4.78 is 0. The maximum absolute atomic E-state index is 12.7. The highest BCUT2D eigenvalue weighted by atomic mass is 16.2. The van der Waals surface area contributed by atoms with E-state index >= 15 is 0 Å². The van der Waals surface area contributed by atoms with Crippen molar-refractivity contribution in [3.8, 4) is 0 Å². The largest absolute Gasteiger partial charge is 0.342 e. The van der Waals surface area contributed by atoms with E-state index in [0.717, 1.165) is 36.3 Å². The number of amides is 2. The number of carbonyl (C=O) groups excluding carboxylic acids is 2. The molecule has 2 rings (SSSR count). The molecule has 1 heterocycles. The van der Waals surface area contributed by atoms with Gasteiger partial charge in [-0.15, -0.1) is 0 Å². The second-order valence-electron chi connectivity index (χ2n) is 7.58. The number of rotatable bonds is 7. The van der Waals surface area contributed by atoms with E-state index in [4.69, 9.17) is 0 Å². The van der Waals surface area contributed by atoms with Crippen molar-refractivity contribution in [2.75, 3.05) is 39.0 Å². The fraction of sp³-hybridized carbons (Fsp3) is 0.600. The van der Waals surface area contributed by atoms with Gasteiger partial charge in [-0.05, 0) is 51.0 Å². The monoisotopic (exact) mass is 345 g/mol. The van der Waals surface area contributed by atoms with Gasteiger partial charge in [0.15, 0.2) is 0 Å². The lowest BCUT2D eigenvalue weighted by atomic mass is 9.97. The number of para-hydroxylation sites is 1. The van der Waals surface area contributed by atoms with Gasteiger partial charge >= 0.3 is 0 Å². The highest BCUT2D eigenvalue weighted by molar-refractivity contribution is 5.98. The van der Waals surface area contributed by atoms with Gasteiger partial charge in [0.2, 0.25) is 11.8 Å². The third kappa shape index (κ3) is 5.05. The summed E-state index contributed by atoms with van der Waals surface area (Å²) in [4.78, 5) is 28.8. The SMILES string of the molecule is Cc1cccc(C(C)C)c1NC(=O)C1CC(=O)N(CCCN(C)C)C1. The lowest BCUT2D eigenvalue weighted by Crippen LogP contribution is -2.30. The van der Waals surface area contributed by atoms with Gasteiger partial charge in [-0.2, -0.15) is 0 Å². The molecule has 0 spiro atoms. The predicted molar refractivity (Wildman–Crippen MR) is 102 cm³/mol. The van der Waals surface area contributed by atoms with E-state index in [1.165, 1.54) is 0 Å². The minimum atomic E-state index is -0.258. The fourth-order valence-corrected chi connectivity index (χ4v) is 3.31. The molecule has 0 aliphatic carbocycles. The Morgan fingerprint density at radius 2 is 2.08 bits per heavy atom. The number of nitrogens with one attached hydrogen (secondary N) is 1. The van der Waals surface area contributed by atoms with E-state index in [2.05, 4.69) is 30.1 Å². The van der Waals surface area contributed by atoms with E-state index in [1.807, 2.05) is 38.1 Å². The zero-order chi connectivity index (χ0) is 18.6. The Morgan fingerprint density at radius 3 is 2.72 bits per heavy atom. The van der Waals surface area contributed by atoms with Crippen LogP contribution in [0.5, 0.6) is 0 Å². The summed E-state index contributed by atoms with van der Waals surface area (Å²) >= 11 is 0. The summed E-state index contributed by atoms with van der Waals surface area (Å²) in [7, 11) is 4.05. The van der Waals surface area contributed by atoms with Crippen LogP contribution in [0.15, 0.2) is 18.2 Å². The van der Waals surface area contributed by atoms with Crippen LogP contribution in [0, 0.1) is 12.8 Å². The predicted octanol–water partition coefficient (Wildman–Crippen LogP) is 2.86. The molecule has 1 aromatic carbocycles. The zero-order valence-corrected chi connectivity index (χ0v) is 16.1. The Kier molecular flexibility index (Phi) is 6.59. The van der Waals surface area contributed by atoms with Gasteiger partial charge in [0, 0.05) is 25.2 Å². The normalized spacial score (nSPS) is 17.6. The highest BCUT2D eigenvalue weighted by Gasteiger charge is 2.34. The minimum absolute atomic E-state index is 0.0420. The molecule has 0 aromatic heterocycles. The number of nitrogens with zero attached hydrogens (tertiary/aromatic N) is 2. The van der Waals surface area contributed by atoms with Crippen LogP contribution in [0.4, 0.5) is 5.69 Å². The summed E-state index contributed by atoms with van der Waals surface area (Å²) in [5, 5.41) is 3.09. The first kappa shape index (κ1) is 19.4. The van der Waals surface area contributed by atoms with Gasteiger partial charge in [-0.3, -0.25) is 9.59 Å². The Morgan fingerprint density at radius 1 is 1.36 bits per heavy atom. The number of likely N-dealkylation sites (tertiary alicyclic amines) is 1. The van der Waals surface area contributed by atoms with Gasteiger partial charge in [0.1, 0.15) is 0 Å².